The SMILES string of the molecule is OC(COc1c(Cl)cccc1Cl)CN1CCN(c2ccccc2)CC1. The van der Waals surface area contributed by atoms with Crippen LogP contribution in [0.15, 0.2) is 48.5 Å². The van der Waals surface area contributed by atoms with Crippen LogP contribution < -0.4 is 9.64 Å². The van der Waals surface area contributed by atoms with Crippen molar-refractivity contribution in [2.24, 2.45) is 0 Å². The molecule has 0 saturated carbocycles. The summed E-state index contributed by atoms with van der Waals surface area (Å²) in [4.78, 5) is 4.62. The number of β-amino-alcohol motifs (C(OH)–C–C–N with tert-alkyl or cyclic N) is 1. The van der Waals surface area contributed by atoms with Gasteiger partial charge >= 0.3 is 0 Å². The molecular weight excluding hydrogens is 359 g/mol. The summed E-state index contributed by atoms with van der Waals surface area (Å²) in [5.74, 6) is 0.429. The third-order valence-corrected chi connectivity index (χ3v) is 4.90. The molecule has 0 radical (unpaired) electrons. The topological polar surface area (TPSA) is 35.9 Å². The number of hydrogen-bond donors (Lipinski definition) is 1. The van der Waals surface area contributed by atoms with E-state index in [0.29, 0.717) is 22.3 Å². The number of nitrogens with zero attached hydrogens (tertiary/aromatic N) is 2. The van der Waals surface area contributed by atoms with Gasteiger partial charge in [0.05, 0.1) is 10.0 Å². The van der Waals surface area contributed by atoms with Crippen LogP contribution >= 0.6 is 23.2 Å². The lowest BCUT2D eigenvalue weighted by Gasteiger charge is -2.36. The molecule has 1 aliphatic rings. The molecule has 2 aromatic carbocycles. The third kappa shape index (κ3) is 5.02. The number of anilines is 1. The van der Waals surface area contributed by atoms with Crippen LogP contribution in [0.5, 0.6) is 5.75 Å². The van der Waals surface area contributed by atoms with Crippen LogP contribution in [0, 0.1) is 0 Å². The van der Waals surface area contributed by atoms with E-state index in [9.17, 15) is 5.11 Å². The summed E-state index contributed by atoms with van der Waals surface area (Å²) in [5.41, 5.74) is 1.25. The van der Waals surface area contributed by atoms with E-state index in [1.54, 1.807) is 18.2 Å². The zero-order valence-corrected chi connectivity index (χ0v) is 15.5. The molecule has 0 spiro atoms. The number of hydrogen-bond acceptors (Lipinski definition) is 4. The molecular formula is C19H22Cl2N2O2. The molecule has 6 heteroatoms. The van der Waals surface area contributed by atoms with Crippen LogP contribution in [0.4, 0.5) is 5.69 Å². The van der Waals surface area contributed by atoms with Gasteiger partial charge in [0.25, 0.3) is 0 Å². The Balaban J connectivity index is 1.44. The first-order valence-corrected chi connectivity index (χ1v) is 9.16. The first kappa shape index (κ1) is 18.3. The van der Waals surface area contributed by atoms with Crippen molar-refractivity contribution in [1.29, 1.82) is 0 Å². The molecule has 25 heavy (non-hydrogen) atoms. The summed E-state index contributed by atoms with van der Waals surface area (Å²) in [5, 5.41) is 11.2. The largest absolute Gasteiger partial charge is 0.488 e. The summed E-state index contributed by atoms with van der Waals surface area (Å²) >= 11 is 12.1. The number of benzene rings is 2. The average molecular weight is 381 g/mol. The molecule has 3 rings (SSSR count). The Bertz CT molecular complexity index is 656. The molecule has 134 valence electrons. The molecule has 0 bridgehead atoms. The Morgan fingerprint density at radius 2 is 1.56 bits per heavy atom. The van der Waals surface area contributed by atoms with Crippen molar-refractivity contribution in [2.75, 3.05) is 44.2 Å². The molecule has 1 aliphatic heterocycles. The molecule has 1 saturated heterocycles. The second-order valence-electron chi connectivity index (χ2n) is 6.14. The van der Waals surface area contributed by atoms with Gasteiger partial charge in [0, 0.05) is 38.4 Å². The van der Waals surface area contributed by atoms with Gasteiger partial charge in [-0.2, -0.15) is 0 Å². The number of ether oxygens (including phenoxy) is 1. The van der Waals surface area contributed by atoms with E-state index in [0.717, 1.165) is 26.2 Å². The summed E-state index contributed by atoms with van der Waals surface area (Å²) in [6.45, 7) is 4.48. The maximum absolute atomic E-state index is 10.3. The fourth-order valence-corrected chi connectivity index (χ4v) is 3.48. The minimum absolute atomic E-state index is 0.169. The lowest BCUT2D eigenvalue weighted by molar-refractivity contribution is 0.0664. The van der Waals surface area contributed by atoms with E-state index in [2.05, 4.69) is 34.1 Å². The maximum atomic E-state index is 10.3. The quantitative estimate of drug-likeness (QED) is 0.830. The van der Waals surface area contributed by atoms with E-state index >= 15 is 0 Å². The van der Waals surface area contributed by atoms with E-state index < -0.39 is 6.10 Å². The molecule has 0 aliphatic carbocycles. The smallest absolute Gasteiger partial charge is 0.156 e. The lowest BCUT2D eigenvalue weighted by Crippen LogP contribution is -2.49. The molecule has 1 heterocycles. The van der Waals surface area contributed by atoms with Crippen molar-refractivity contribution in [3.8, 4) is 5.75 Å². The minimum Gasteiger partial charge on any atom is -0.488 e. The van der Waals surface area contributed by atoms with E-state index in [1.165, 1.54) is 5.69 Å². The van der Waals surface area contributed by atoms with Gasteiger partial charge in [0.1, 0.15) is 12.7 Å². The van der Waals surface area contributed by atoms with Gasteiger partial charge < -0.3 is 14.7 Å². The van der Waals surface area contributed by atoms with Crippen LogP contribution in [0.2, 0.25) is 10.0 Å². The zero-order valence-electron chi connectivity index (χ0n) is 13.9. The number of piperazine rings is 1. The van der Waals surface area contributed by atoms with Crippen LogP contribution in [0.3, 0.4) is 0 Å². The van der Waals surface area contributed by atoms with Crippen LogP contribution in [0.25, 0.3) is 0 Å². The van der Waals surface area contributed by atoms with Crippen molar-refractivity contribution >= 4 is 28.9 Å². The second kappa shape index (κ2) is 8.77. The fourth-order valence-electron chi connectivity index (χ4n) is 2.98. The molecule has 0 aromatic heterocycles. The van der Waals surface area contributed by atoms with Gasteiger partial charge in [-0.1, -0.05) is 47.5 Å². The number of para-hydroxylation sites is 2. The van der Waals surface area contributed by atoms with Gasteiger partial charge in [-0.15, -0.1) is 0 Å². The van der Waals surface area contributed by atoms with Crippen molar-refractivity contribution in [2.45, 2.75) is 6.10 Å². The minimum atomic E-state index is -0.587. The number of aliphatic hydroxyl groups excluding tert-OH is 1. The molecule has 4 nitrogen and oxygen atoms in total. The number of rotatable bonds is 6. The summed E-state index contributed by atoms with van der Waals surface area (Å²) < 4.78 is 5.61. The van der Waals surface area contributed by atoms with Crippen LogP contribution in [-0.2, 0) is 0 Å². The Morgan fingerprint density at radius 1 is 0.920 bits per heavy atom. The number of aliphatic hydroxyl groups is 1. The third-order valence-electron chi connectivity index (χ3n) is 4.30. The molecule has 1 unspecified atom stereocenters. The normalized spacial score (nSPS) is 16.7. The summed E-state index contributed by atoms with van der Waals surface area (Å²) in [6, 6.07) is 15.6. The Morgan fingerprint density at radius 3 is 2.20 bits per heavy atom. The number of halogens is 2. The first-order valence-electron chi connectivity index (χ1n) is 8.40. The predicted octanol–water partition coefficient (Wildman–Crippen LogP) is 3.56. The Hall–Kier alpha value is -1.46. The van der Waals surface area contributed by atoms with E-state index in [4.69, 9.17) is 27.9 Å². The Labute approximate surface area is 158 Å². The van der Waals surface area contributed by atoms with Crippen molar-refractivity contribution in [3.63, 3.8) is 0 Å². The second-order valence-corrected chi connectivity index (χ2v) is 6.95. The molecule has 1 fully saturated rings. The van der Waals surface area contributed by atoms with Gasteiger partial charge in [-0.05, 0) is 24.3 Å². The monoisotopic (exact) mass is 380 g/mol. The molecule has 2 aromatic rings. The Kier molecular flexibility index (Phi) is 6.43. The van der Waals surface area contributed by atoms with Crippen LogP contribution in [0.1, 0.15) is 0 Å². The highest BCUT2D eigenvalue weighted by atomic mass is 35.5. The average Bonchev–Trinajstić information content (AvgIpc) is 2.63. The van der Waals surface area contributed by atoms with E-state index in [-0.39, 0.29) is 6.61 Å². The predicted molar refractivity (Wildman–Crippen MR) is 103 cm³/mol. The molecule has 0 amide bonds. The van der Waals surface area contributed by atoms with E-state index in [1.807, 2.05) is 6.07 Å². The first-order chi connectivity index (χ1) is 12.1. The standard InChI is InChI=1S/C19H22Cl2N2O2/c20-17-7-4-8-18(21)19(17)25-14-16(24)13-22-9-11-23(12-10-22)15-5-2-1-3-6-15/h1-8,16,24H,9-14H2. The molecule has 1 N–H and O–H groups in total. The fraction of sp³-hybridized carbons (Fsp3) is 0.368. The van der Waals surface area contributed by atoms with Gasteiger partial charge in [0.15, 0.2) is 5.75 Å². The highest BCUT2D eigenvalue weighted by Gasteiger charge is 2.20. The maximum Gasteiger partial charge on any atom is 0.156 e. The molecule has 1 atom stereocenters. The summed E-state index contributed by atoms with van der Waals surface area (Å²) in [7, 11) is 0. The van der Waals surface area contributed by atoms with Gasteiger partial charge in [-0.3, -0.25) is 4.90 Å². The van der Waals surface area contributed by atoms with Crippen LogP contribution in [-0.4, -0.2) is 55.4 Å². The zero-order chi connectivity index (χ0) is 17.6. The van der Waals surface area contributed by atoms with Gasteiger partial charge in [0.2, 0.25) is 0 Å². The summed E-state index contributed by atoms with van der Waals surface area (Å²) in [6.07, 6.45) is -0.587. The lowest BCUT2D eigenvalue weighted by atomic mass is 10.2. The highest BCUT2D eigenvalue weighted by Crippen LogP contribution is 2.32. The van der Waals surface area contributed by atoms with Gasteiger partial charge in [-0.25, -0.2) is 0 Å². The van der Waals surface area contributed by atoms with Crippen molar-refractivity contribution in [3.05, 3.63) is 58.6 Å². The van der Waals surface area contributed by atoms with Crippen molar-refractivity contribution < 1.29 is 9.84 Å². The highest BCUT2D eigenvalue weighted by molar-refractivity contribution is 6.37. The van der Waals surface area contributed by atoms with Crippen molar-refractivity contribution in [1.82, 2.24) is 4.90 Å².